The van der Waals surface area contributed by atoms with Crippen LogP contribution in [0.1, 0.15) is 0 Å². The molecule has 0 saturated carbocycles. The van der Waals surface area contributed by atoms with E-state index in [9.17, 15) is 0 Å². The van der Waals surface area contributed by atoms with Crippen molar-refractivity contribution in [3.05, 3.63) is 30.6 Å². The molecule has 0 saturated heterocycles. The van der Waals surface area contributed by atoms with Gasteiger partial charge in [-0.3, -0.25) is 0 Å². The molecule has 0 atom stereocenters. The summed E-state index contributed by atoms with van der Waals surface area (Å²) in [4.78, 5) is 4.17. The predicted molar refractivity (Wildman–Crippen MR) is 49.5 cm³/mol. The number of benzene rings is 1. The maximum atomic E-state index is 4.17. The van der Waals surface area contributed by atoms with Crippen LogP contribution in [0.4, 0.5) is 0 Å². The van der Waals surface area contributed by atoms with E-state index in [4.69, 9.17) is 0 Å². The molecule has 0 aliphatic rings. The lowest BCUT2D eigenvalue weighted by Crippen LogP contribution is -1.87. The van der Waals surface area contributed by atoms with Crippen LogP contribution in [0, 0.1) is 0 Å². The fourth-order valence-electron chi connectivity index (χ4n) is 1.67. The van der Waals surface area contributed by atoms with E-state index < -0.39 is 0 Å². The van der Waals surface area contributed by atoms with Gasteiger partial charge in [-0.2, -0.15) is 14.6 Å². The lowest BCUT2D eigenvalue weighted by molar-refractivity contribution is 0.941. The average molecular weight is 172 g/mol. The van der Waals surface area contributed by atoms with Crippen LogP contribution in [0.25, 0.3) is 16.8 Å². The van der Waals surface area contributed by atoms with Crippen molar-refractivity contribution in [2.45, 2.75) is 0 Å². The third-order valence-corrected chi connectivity index (χ3v) is 2.30. The topological polar surface area (TPSA) is 35.1 Å². The SMILES string of the molecule is Cn1c2ccccc2n2ncnc12. The lowest BCUT2D eigenvalue weighted by atomic mass is 10.3. The van der Waals surface area contributed by atoms with Crippen LogP contribution in [0.15, 0.2) is 30.6 Å². The van der Waals surface area contributed by atoms with Gasteiger partial charge in [-0.25, -0.2) is 0 Å². The summed E-state index contributed by atoms with van der Waals surface area (Å²) in [6, 6.07) is 8.12. The Bertz CT molecular complexity index is 575. The molecule has 2 aromatic heterocycles. The highest BCUT2D eigenvalue weighted by molar-refractivity contribution is 5.79. The number of para-hydroxylation sites is 2. The Balaban J connectivity index is 2.72. The lowest BCUT2D eigenvalue weighted by Gasteiger charge is -1.91. The summed E-state index contributed by atoms with van der Waals surface area (Å²) in [5, 5.41) is 4.15. The van der Waals surface area contributed by atoms with E-state index in [1.165, 1.54) is 0 Å². The molecule has 0 fully saturated rings. The molecule has 4 heteroatoms. The minimum atomic E-state index is 0.876. The third kappa shape index (κ3) is 0.697. The van der Waals surface area contributed by atoms with Gasteiger partial charge in [-0.05, 0) is 12.1 Å². The number of imidazole rings is 1. The van der Waals surface area contributed by atoms with Crippen molar-refractivity contribution in [1.29, 1.82) is 0 Å². The average Bonchev–Trinajstić information content (AvgIpc) is 2.72. The minimum Gasteiger partial charge on any atom is -0.311 e. The third-order valence-electron chi connectivity index (χ3n) is 2.30. The zero-order valence-corrected chi connectivity index (χ0v) is 7.18. The second-order valence-corrected chi connectivity index (χ2v) is 3.02. The summed E-state index contributed by atoms with van der Waals surface area (Å²) in [6.07, 6.45) is 1.57. The van der Waals surface area contributed by atoms with Crippen LogP contribution in [-0.2, 0) is 7.05 Å². The summed E-state index contributed by atoms with van der Waals surface area (Å²) < 4.78 is 3.87. The summed E-state index contributed by atoms with van der Waals surface area (Å²) in [7, 11) is 1.99. The quantitative estimate of drug-likeness (QED) is 0.511. The fourth-order valence-corrected chi connectivity index (χ4v) is 1.67. The van der Waals surface area contributed by atoms with Gasteiger partial charge < -0.3 is 4.57 Å². The van der Waals surface area contributed by atoms with Crippen molar-refractivity contribution in [1.82, 2.24) is 19.2 Å². The molecule has 3 aromatic rings. The number of hydrogen-bond acceptors (Lipinski definition) is 2. The van der Waals surface area contributed by atoms with Crippen LogP contribution >= 0.6 is 0 Å². The molecule has 0 aliphatic heterocycles. The van der Waals surface area contributed by atoms with Gasteiger partial charge in [0.1, 0.15) is 6.33 Å². The summed E-state index contributed by atoms with van der Waals surface area (Å²) >= 11 is 0. The summed E-state index contributed by atoms with van der Waals surface area (Å²) in [5.74, 6) is 0.876. The van der Waals surface area contributed by atoms with Gasteiger partial charge in [0.2, 0.25) is 5.78 Å². The van der Waals surface area contributed by atoms with Crippen LogP contribution in [-0.4, -0.2) is 19.2 Å². The molecule has 0 unspecified atom stereocenters. The molecule has 0 spiro atoms. The monoisotopic (exact) mass is 172 g/mol. The molecule has 0 bridgehead atoms. The van der Waals surface area contributed by atoms with Gasteiger partial charge >= 0.3 is 0 Å². The van der Waals surface area contributed by atoms with E-state index in [0.29, 0.717) is 0 Å². The first-order valence-corrected chi connectivity index (χ1v) is 4.11. The van der Waals surface area contributed by atoms with E-state index in [2.05, 4.69) is 16.1 Å². The van der Waals surface area contributed by atoms with E-state index in [0.717, 1.165) is 16.8 Å². The van der Waals surface area contributed by atoms with Gasteiger partial charge in [-0.15, -0.1) is 0 Å². The Morgan fingerprint density at radius 1 is 1.15 bits per heavy atom. The van der Waals surface area contributed by atoms with Crippen molar-refractivity contribution in [2.75, 3.05) is 0 Å². The van der Waals surface area contributed by atoms with Gasteiger partial charge in [0.15, 0.2) is 0 Å². The smallest absolute Gasteiger partial charge is 0.233 e. The second kappa shape index (κ2) is 2.10. The molecular formula is C9H8N4. The highest BCUT2D eigenvalue weighted by atomic mass is 15.4. The second-order valence-electron chi connectivity index (χ2n) is 3.02. The Labute approximate surface area is 74.4 Å². The molecular weight excluding hydrogens is 164 g/mol. The normalized spacial score (nSPS) is 11.5. The molecule has 0 N–H and O–H groups in total. The molecule has 0 amide bonds. The molecule has 2 heterocycles. The Kier molecular flexibility index (Phi) is 1.07. The van der Waals surface area contributed by atoms with Gasteiger partial charge in [-0.1, -0.05) is 12.1 Å². The van der Waals surface area contributed by atoms with Crippen molar-refractivity contribution in [3.63, 3.8) is 0 Å². The van der Waals surface area contributed by atoms with Crippen LogP contribution in [0.5, 0.6) is 0 Å². The van der Waals surface area contributed by atoms with E-state index in [1.807, 2.05) is 34.3 Å². The molecule has 1 aromatic carbocycles. The summed E-state index contributed by atoms with van der Waals surface area (Å²) in [5.41, 5.74) is 2.25. The highest BCUT2D eigenvalue weighted by Gasteiger charge is 2.07. The number of rotatable bonds is 0. The maximum absolute atomic E-state index is 4.17. The highest BCUT2D eigenvalue weighted by Crippen LogP contribution is 2.16. The Hall–Kier alpha value is -1.84. The molecule has 64 valence electrons. The first kappa shape index (κ1) is 6.65. The van der Waals surface area contributed by atoms with E-state index >= 15 is 0 Å². The zero-order chi connectivity index (χ0) is 8.84. The summed E-state index contributed by atoms with van der Waals surface area (Å²) in [6.45, 7) is 0. The van der Waals surface area contributed by atoms with Gasteiger partial charge in [0.25, 0.3) is 0 Å². The van der Waals surface area contributed by atoms with Gasteiger partial charge in [0.05, 0.1) is 11.0 Å². The molecule has 3 rings (SSSR count). The minimum absolute atomic E-state index is 0.876. The molecule has 0 aliphatic carbocycles. The first-order valence-electron chi connectivity index (χ1n) is 4.11. The Morgan fingerprint density at radius 2 is 1.92 bits per heavy atom. The molecule has 0 radical (unpaired) electrons. The molecule has 4 nitrogen and oxygen atoms in total. The van der Waals surface area contributed by atoms with Gasteiger partial charge in [0, 0.05) is 7.05 Å². The predicted octanol–water partition coefficient (Wildman–Crippen LogP) is 1.22. The first-order chi connectivity index (χ1) is 6.38. The standard InChI is InChI=1S/C9H8N4/c1-12-7-4-2-3-5-8(7)13-9(12)10-6-11-13/h2-6H,1H3. The number of fused-ring (bicyclic) bond motifs is 3. The van der Waals surface area contributed by atoms with Crippen LogP contribution in [0.2, 0.25) is 0 Å². The fraction of sp³-hybridized carbons (Fsp3) is 0.111. The van der Waals surface area contributed by atoms with Crippen molar-refractivity contribution in [2.24, 2.45) is 7.05 Å². The number of aromatic nitrogens is 4. The van der Waals surface area contributed by atoms with Crippen LogP contribution in [0.3, 0.4) is 0 Å². The Morgan fingerprint density at radius 3 is 2.77 bits per heavy atom. The van der Waals surface area contributed by atoms with Crippen molar-refractivity contribution >= 4 is 16.8 Å². The maximum Gasteiger partial charge on any atom is 0.233 e. The molecule has 13 heavy (non-hydrogen) atoms. The largest absolute Gasteiger partial charge is 0.311 e. The number of nitrogens with zero attached hydrogens (tertiary/aromatic N) is 4. The number of aryl methyl sites for hydroxylation is 1. The van der Waals surface area contributed by atoms with Crippen molar-refractivity contribution < 1.29 is 0 Å². The van der Waals surface area contributed by atoms with E-state index in [1.54, 1.807) is 6.33 Å². The van der Waals surface area contributed by atoms with E-state index in [-0.39, 0.29) is 0 Å². The van der Waals surface area contributed by atoms with Crippen molar-refractivity contribution in [3.8, 4) is 0 Å². The van der Waals surface area contributed by atoms with Crippen LogP contribution < -0.4 is 0 Å². The zero-order valence-electron chi connectivity index (χ0n) is 7.18. The number of hydrogen-bond donors (Lipinski definition) is 0.